The molecule has 3 aromatic carbocycles. The summed E-state index contributed by atoms with van der Waals surface area (Å²) in [6.45, 7) is 0.603. The van der Waals surface area contributed by atoms with Crippen molar-refractivity contribution in [3.05, 3.63) is 83.4 Å². The van der Waals surface area contributed by atoms with Gasteiger partial charge in [0, 0.05) is 16.1 Å². The first kappa shape index (κ1) is 19.5. The Morgan fingerprint density at radius 3 is 2.48 bits per heavy atom. The predicted molar refractivity (Wildman–Crippen MR) is 117 cm³/mol. The molecule has 1 fully saturated rings. The molecular weight excluding hydrogens is 414 g/mol. The van der Waals surface area contributed by atoms with E-state index in [0.717, 1.165) is 16.6 Å². The van der Waals surface area contributed by atoms with Crippen molar-refractivity contribution in [1.29, 1.82) is 0 Å². The summed E-state index contributed by atoms with van der Waals surface area (Å²) in [5.41, 5.74) is 3.88. The number of halogens is 1. The van der Waals surface area contributed by atoms with E-state index in [9.17, 15) is 9.59 Å². The fourth-order valence-corrected chi connectivity index (χ4v) is 3.88. The number of quaternary nitrogens is 1. The zero-order valence-corrected chi connectivity index (χ0v) is 17.3. The number of imide groups is 1. The van der Waals surface area contributed by atoms with Gasteiger partial charge in [0.15, 0.2) is 11.6 Å². The van der Waals surface area contributed by atoms with Crippen LogP contribution in [0.25, 0.3) is 22.6 Å². The number of para-hydroxylation sites is 2. The molecule has 0 saturated carbocycles. The summed E-state index contributed by atoms with van der Waals surface area (Å²) in [5.74, 6) is 0.103. The molecule has 1 aliphatic rings. The molecule has 0 aliphatic carbocycles. The number of benzene rings is 3. The third kappa shape index (κ3) is 3.83. The molecule has 1 aromatic heterocycles. The van der Waals surface area contributed by atoms with Gasteiger partial charge in [-0.2, -0.15) is 0 Å². The maximum atomic E-state index is 12.9. The SMILES string of the molecule is O=C1CC([NH2+]Cc2ccc(Cl)cc2)C(=O)N1c1ccc(-c2nc3ccccc3o2)cc1. The fraction of sp³-hybridized carbons (Fsp3) is 0.125. The fourth-order valence-electron chi connectivity index (χ4n) is 3.76. The summed E-state index contributed by atoms with van der Waals surface area (Å²) in [4.78, 5) is 31.2. The van der Waals surface area contributed by atoms with Gasteiger partial charge in [-0.25, -0.2) is 9.88 Å². The largest absolute Gasteiger partial charge is 0.436 e. The highest BCUT2D eigenvalue weighted by atomic mass is 35.5. The average Bonchev–Trinajstić information content (AvgIpc) is 3.34. The van der Waals surface area contributed by atoms with Crippen LogP contribution in [-0.2, 0) is 16.1 Å². The Bertz CT molecular complexity index is 1230. The Hall–Kier alpha value is -3.48. The van der Waals surface area contributed by atoms with Gasteiger partial charge in [0.25, 0.3) is 5.91 Å². The van der Waals surface area contributed by atoms with Crippen LogP contribution in [0.1, 0.15) is 12.0 Å². The lowest BCUT2D eigenvalue weighted by Crippen LogP contribution is -2.90. The summed E-state index contributed by atoms with van der Waals surface area (Å²) in [5, 5.41) is 2.57. The second kappa shape index (κ2) is 7.98. The van der Waals surface area contributed by atoms with Crippen LogP contribution in [0.3, 0.4) is 0 Å². The van der Waals surface area contributed by atoms with E-state index < -0.39 is 6.04 Å². The second-order valence-corrected chi connectivity index (χ2v) is 7.91. The summed E-state index contributed by atoms with van der Waals surface area (Å²) >= 11 is 5.91. The first-order chi connectivity index (χ1) is 15.1. The maximum absolute atomic E-state index is 12.9. The number of fused-ring (bicyclic) bond motifs is 1. The third-order valence-electron chi connectivity index (χ3n) is 5.40. The molecule has 1 saturated heterocycles. The highest BCUT2D eigenvalue weighted by molar-refractivity contribution is 6.30. The summed E-state index contributed by atoms with van der Waals surface area (Å²) < 4.78 is 5.79. The molecule has 4 aromatic rings. The van der Waals surface area contributed by atoms with Gasteiger partial charge in [-0.1, -0.05) is 35.9 Å². The van der Waals surface area contributed by atoms with E-state index in [1.807, 2.05) is 66.0 Å². The van der Waals surface area contributed by atoms with Gasteiger partial charge >= 0.3 is 0 Å². The van der Waals surface area contributed by atoms with E-state index in [-0.39, 0.29) is 18.2 Å². The standard InChI is InChI=1S/C24H18ClN3O3/c25-17-9-5-15(6-10-17)14-26-20-13-22(29)28(24(20)30)18-11-7-16(8-12-18)23-27-19-3-1-2-4-21(19)31-23/h1-12,20,26H,13-14H2/p+1. The van der Waals surface area contributed by atoms with Crippen LogP contribution >= 0.6 is 11.6 Å². The molecule has 6 nitrogen and oxygen atoms in total. The van der Waals surface area contributed by atoms with Crippen LogP contribution in [0.4, 0.5) is 5.69 Å². The molecule has 5 rings (SSSR count). The van der Waals surface area contributed by atoms with Crippen molar-refractivity contribution in [2.24, 2.45) is 0 Å². The van der Waals surface area contributed by atoms with E-state index in [0.29, 0.717) is 28.7 Å². The molecule has 0 bridgehead atoms. The lowest BCUT2D eigenvalue weighted by molar-refractivity contribution is -0.690. The summed E-state index contributed by atoms with van der Waals surface area (Å²) in [7, 11) is 0. The lowest BCUT2D eigenvalue weighted by Gasteiger charge is -2.14. The van der Waals surface area contributed by atoms with Crippen molar-refractivity contribution in [2.45, 2.75) is 19.0 Å². The van der Waals surface area contributed by atoms with Gasteiger partial charge in [0.2, 0.25) is 11.8 Å². The van der Waals surface area contributed by atoms with E-state index in [2.05, 4.69) is 4.98 Å². The number of rotatable bonds is 5. The molecule has 0 spiro atoms. The molecule has 31 heavy (non-hydrogen) atoms. The summed E-state index contributed by atoms with van der Waals surface area (Å²) in [6.07, 6.45) is 0.180. The van der Waals surface area contributed by atoms with Crippen molar-refractivity contribution >= 4 is 40.2 Å². The van der Waals surface area contributed by atoms with Crippen molar-refractivity contribution in [2.75, 3.05) is 4.90 Å². The predicted octanol–water partition coefficient (Wildman–Crippen LogP) is 3.54. The topological polar surface area (TPSA) is 80.0 Å². The van der Waals surface area contributed by atoms with Gasteiger partial charge in [-0.05, 0) is 48.5 Å². The van der Waals surface area contributed by atoms with Gasteiger partial charge in [-0.15, -0.1) is 0 Å². The molecule has 2 heterocycles. The molecule has 1 unspecified atom stereocenters. The zero-order valence-electron chi connectivity index (χ0n) is 16.5. The molecular formula is C24H19ClN3O3+. The number of carbonyl (C=O) groups excluding carboxylic acids is 2. The highest BCUT2D eigenvalue weighted by Crippen LogP contribution is 2.28. The Morgan fingerprint density at radius 1 is 1.00 bits per heavy atom. The molecule has 154 valence electrons. The van der Waals surface area contributed by atoms with E-state index in [4.69, 9.17) is 16.0 Å². The number of hydrogen-bond donors (Lipinski definition) is 1. The van der Waals surface area contributed by atoms with Crippen LogP contribution in [0.5, 0.6) is 0 Å². The van der Waals surface area contributed by atoms with E-state index in [1.165, 1.54) is 4.90 Å². The van der Waals surface area contributed by atoms with Gasteiger partial charge < -0.3 is 9.73 Å². The Kier molecular flexibility index (Phi) is 5.02. The molecule has 0 radical (unpaired) electrons. The molecule has 1 atom stereocenters. The monoisotopic (exact) mass is 432 g/mol. The number of nitrogens with zero attached hydrogens (tertiary/aromatic N) is 2. The smallest absolute Gasteiger partial charge is 0.292 e. The van der Waals surface area contributed by atoms with E-state index >= 15 is 0 Å². The maximum Gasteiger partial charge on any atom is 0.292 e. The Labute approximate surface area is 183 Å². The second-order valence-electron chi connectivity index (χ2n) is 7.48. The Morgan fingerprint density at radius 2 is 1.74 bits per heavy atom. The molecule has 2 amide bonds. The zero-order chi connectivity index (χ0) is 21.4. The lowest BCUT2D eigenvalue weighted by atomic mass is 10.2. The minimum absolute atomic E-state index is 0.180. The normalized spacial score (nSPS) is 16.4. The van der Waals surface area contributed by atoms with Crippen LogP contribution in [0.2, 0.25) is 5.02 Å². The van der Waals surface area contributed by atoms with Gasteiger partial charge in [0.1, 0.15) is 12.1 Å². The van der Waals surface area contributed by atoms with E-state index in [1.54, 1.807) is 12.1 Å². The number of hydrogen-bond acceptors (Lipinski definition) is 4. The first-order valence-electron chi connectivity index (χ1n) is 9.99. The van der Waals surface area contributed by atoms with Crippen LogP contribution in [0.15, 0.2) is 77.2 Å². The van der Waals surface area contributed by atoms with Crippen LogP contribution in [-0.4, -0.2) is 22.8 Å². The quantitative estimate of drug-likeness (QED) is 0.489. The number of anilines is 1. The van der Waals surface area contributed by atoms with Crippen LogP contribution < -0.4 is 10.2 Å². The number of aromatic nitrogens is 1. The number of carbonyl (C=O) groups is 2. The van der Waals surface area contributed by atoms with Crippen molar-refractivity contribution in [3.8, 4) is 11.5 Å². The van der Waals surface area contributed by atoms with Crippen LogP contribution in [0, 0.1) is 0 Å². The molecule has 2 N–H and O–H groups in total. The molecule has 1 aliphatic heterocycles. The number of nitrogens with two attached hydrogens (primary N) is 1. The van der Waals surface area contributed by atoms with Crippen molar-refractivity contribution in [3.63, 3.8) is 0 Å². The number of amides is 2. The average molecular weight is 433 g/mol. The first-order valence-corrected chi connectivity index (χ1v) is 10.4. The minimum Gasteiger partial charge on any atom is -0.436 e. The molecule has 7 heteroatoms. The van der Waals surface area contributed by atoms with Gasteiger partial charge in [0.05, 0.1) is 12.1 Å². The Balaban J connectivity index is 1.30. The highest BCUT2D eigenvalue weighted by Gasteiger charge is 2.42. The van der Waals surface area contributed by atoms with Gasteiger partial charge in [-0.3, -0.25) is 9.59 Å². The summed E-state index contributed by atoms with van der Waals surface area (Å²) in [6, 6.07) is 21.7. The van der Waals surface area contributed by atoms with Crippen molar-refractivity contribution < 1.29 is 19.3 Å². The third-order valence-corrected chi connectivity index (χ3v) is 5.65. The van der Waals surface area contributed by atoms with Crippen molar-refractivity contribution in [1.82, 2.24) is 4.98 Å². The minimum atomic E-state index is -0.431. The number of oxazole rings is 1.